The molecule has 2 saturated heterocycles. The fraction of sp³-hybridized carbons (Fsp3) is 0.643. The summed E-state index contributed by atoms with van der Waals surface area (Å²) < 4.78 is 22.9. The molecule has 2 aliphatic rings. The highest BCUT2D eigenvalue weighted by atomic mass is 16.7. The van der Waals surface area contributed by atoms with Gasteiger partial charge < -0.3 is 18.8 Å². The van der Waals surface area contributed by atoms with Gasteiger partial charge in [-0.05, 0) is 39.8 Å². The molecule has 2 fully saturated rings. The first-order valence-corrected chi connectivity index (χ1v) is 6.93. The van der Waals surface area contributed by atoms with Crippen LogP contribution in [0.3, 0.4) is 0 Å². The molecular formula is C14H20BNO4. The van der Waals surface area contributed by atoms with Gasteiger partial charge in [-0.1, -0.05) is 0 Å². The molecule has 6 heteroatoms. The lowest BCUT2D eigenvalue weighted by Crippen LogP contribution is -2.41. The third-order valence-corrected chi connectivity index (χ3v) is 4.16. The van der Waals surface area contributed by atoms with Crippen LogP contribution in [-0.4, -0.2) is 42.6 Å². The molecule has 1 aromatic rings. The van der Waals surface area contributed by atoms with Crippen LogP contribution >= 0.6 is 0 Å². The lowest BCUT2D eigenvalue weighted by molar-refractivity contribution is -0.0796. The maximum Gasteiger partial charge on any atom is 0.514 e. The summed E-state index contributed by atoms with van der Waals surface area (Å²) in [5.41, 5.74) is 0.0113. The fourth-order valence-corrected chi connectivity index (χ4v) is 2.07. The standard InChI is InChI=1S/C14H20BNO4/c1-13(2)14(3,4)20-15(19-13)12-7-10(5-6-16-12)18-11-8-17-9-11/h5-7,11H,8-9H2,1-4H3. The average molecular weight is 277 g/mol. The number of aromatic nitrogens is 1. The number of pyridine rings is 1. The molecule has 3 heterocycles. The number of hydrogen-bond acceptors (Lipinski definition) is 5. The first-order valence-electron chi connectivity index (χ1n) is 6.93. The minimum absolute atomic E-state index is 0.142. The Balaban J connectivity index is 1.76. The van der Waals surface area contributed by atoms with E-state index in [2.05, 4.69) is 4.98 Å². The minimum atomic E-state index is -0.457. The van der Waals surface area contributed by atoms with E-state index in [1.165, 1.54) is 0 Å². The largest absolute Gasteiger partial charge is 0.514 e. The zero-order valence-corrected chi connectivity index (χ0v) is 12.4. The topological polar surface area (TPSA) is 49.8 Å². The summed E-state index contributed by atoms with van der Waals surface area (Å²) in [4.78, 5) is 4.34. The Labute approximate surface area is 119 Å². The lowest BCUT2D eigenvalue weighted by atomic mass is 9.84. The van der Waals surface area contributed by atoms with Crippen LogP contribution in [0.4, 0.5) is 0 Å². The second-order valence-electron chi connectivity index (χ2n) is 6.28. The SMILES string of the molecule is CC1(C)OB(c2cc(OC3COC3)ccn2)OC1(C)C. The Morgan fingerprint density at radius 1 is 1.20 bits per heavy atom. The summed E-state index contributed by atoms with van der Waals surface area (Å²) in [5, 5.41) is 0. The van der Waals surface area contributed by atoms with Crippen LogP contribution in [0.5, 0.6) is 5.75 Å². The molecule has 20 heavy (non-hydrogen) atoms. The maximum atomic E-state index is 5.99. The normalized spacial score (nSPS) is 24.5. The van der Waals surface area contributed by atoms with Crippen LogP contribution < -0.4 is 10.3 Å². The van der Waals surface area contributed by atoms with E-state index in [9.17, 15) is 0 Å². The van der Waals surface area contributed by atoms with Gasteiger partial charge in [0, 0.05) is 6.20 Å². The van der Waals surface area contributed by atoms with Crippen molar-refractivity contribution in [3.05, 3.63) is 18.3 Å². The molecular weight excluding hydrogens is 257 g/mol. The van der Waals surface area contributed by atoms with E-state index < -0.39 is 7.12 Å². The molecule has 0 aromatic carbocycles. The Hall–Kier alpha value is -1.11. The molecule has 0 aliphatic carbocycles. The Morgan fingerprint density at radius 3 is 2.40 bits per heavy atom. The van der Waals surface area contributed by atoms with E-state index in [1.54, 1.807) is 6.20 Å². The van der Waals surface area contributed by atoms with Crippen LogP contribution in [0.15, 0.2) is 18.3 Å². The average Bonchev–Trinajstić information content (AvgIpc) is 2.54. The summed E-state index contributed by atoms with van der Waals surface area (Å²) in [6.45, 7) is 9.40. The zero-order chi connectivity index (χ0) is 14.4. The van der Waals surface area contributed by atoms with Crippen molar-refractivity contribution < 1.29 is 18.8 Å². The molecule has 0 radical (unpaired) electrons. The third-order valence-electron chi connectivity index (χ3n) is 4.16. The number of hydrogen-bond donors (Lipinski definition) is 0. The second kappa shape index (κ2) is 4.72. The van der Waals surface area contributed by atoms with Gasteiger partial charge in [0.15, 0.2) is 0 Å². The highest BCUT2D eigenvalue weighted by Crippen LogP contribution is 2.36. The second-order valence-corrected chi connectivity index (χ2v) is 6.28. The summed E-state index contributed by atoms with van der Waals surface area (Å²) in [5.74, 6) is 0.776. The summed E-state index contributed by atoms with van der Waals surface area (Å²) in [6.07, 6.45) is 1.86. The molecule has 0 saturated carbocycles. The van der Waals surface area contributed by atoms with Crippen molar-refractivity contribution in [2.75, 3.05) is 13.2 Å². The molecule has 0 amide bonds. The van der Waals surface area contributed by atoms with Crippen molar-refractivity contribution in [2.24, 2.45) is 0 Å². The van der Waals surface area contributed by atoms with Crippen molar-refractivity contribution in [1.29, 1.82) is 0 Å². The molecule has 2 aliphatic heterocycles. The quantitative estimate of drug-likeness (QED) is 0.776. The monoisotopic (exact) mass is 277 g/mol. The van der Waals surface area contributed by atoms with Crippen LogP contribution in [0.2, 0.25) is 0 Å². The highest BCUT2D eigenvalue weighted by Gasteiger charge is 2.52. The molecule has 1 aromatic heterocycles. The van der Waals surface area contributed by atoms with E-state index in [0.717, 1.165) is 11.3 Å². The highest BCUT2D eigenvalue weighted by molar-refractivity contribution is 6.61. The molecule has 0 atom stereocenters. The van der Waals surface area contributed by atoms with Gasteiger partial charge in [0.25, 0.3) is 0 Å². The molecule has 5 nitrogen and oxygen atoms in total. The maximum absolute atomic E-state index is 5.99. The predicted octanol–water partition coefficient (Wildman–Crippen LogP) is 1.16. The first-order chi connectivity index (χ1) is 9.37. The van der Waals surface area contributed by atoms with Crippen molar-refractivity contribution in [1.82, 2.24) is 4.98 Å². The minimum Gasteiger partial charge on any atom is -0.486 e. The zero-order valence-electron chi connectivity index (χ0n) is 12.4. The van der Waals surface area contributed by atoms with Gasteiger partial charge in [-0.2, -0.15) is 0 Å². The first kappa shape index (κ1) is 13.9. The van der Waals surface area contributed by atoms with Crippen molar-refractivity contribution >= 4 is 12.7 Å². The summed E-state index contributed by atoms with van der Waals surface area (Å²) >= 11 is 0. The molecule has 3 rings (SSSR count). The molecule has 0 spiro atoms. The van der Waals surface area contributed by atoms with Gasteiger partial charge in [0.2, 0.25) is 0 Å². The number of rotatable bonds is 3. The van der Waals surface area contributed by atoms with Crippen molar-refractivity contribution in [2.45, 2.75) is 45.0 Å². The molecule has 0 unspecified atom stereocenters. The van der Waals surface area contributed by atoms with Gasteiger partial charge >= 0.3 is 7.12 Å². The van der Waals surface area contributed by atoms with Gasteiger partial charge in [-0.3, -0.25) is 4.98 Å². The van der Waals surface area contributed by atoms with E-state index >= 15 is 0 Å². The molecule has 0 bridgehead atoms. The summed E-state index contributed by atoms with van der Waals surface area (Å²) in [7, 11) is -0.457. The van der Waals surface area contributed by atoms with Crippen LogP contribution in [-0.2, 0) is 14.0 Å². The van der Waals surface area contributed by atoms with Gasteiger partial charge in [-0.25, -0.2) is 0 Å². The number of nitrogens with zero attached hydrogens (tertiary/aromatic N) is 1. The third kappa shape index (κ3) is 2.43. The Kier molecular flexibility index (Phi) is 3.27. The predicted molar refractivity (Wildman–Crippen MR) is 75.2 cm³/mol. The molecule has 108 valence electrons. The van der Waals surface area contributed by atoms with E-state index in [1.807, 2.05) is 39.8 Å². The fourth-order valence-electron chi connectivity index (χ4n) is 2.07. The van der Waals surface area contributed by atoms with Crippen molar-refractivity contribution in [3.8, 4) is 5.75 Å². The van der Waals surface area contributed by atoms with Gasteiger partial charge in [0.05, 0.1) is 30.0 Å². The molecule has 0 N–H and O–H groups in total. The van der Waals surface area contributed by atoms with E-state index in [4.69, 9.17) is 18.8 Å². The van der Waals surface area contributed by atoms with E-state index in [0.29, 0.717) is 13.2 Å². The number of ether oxygens (including phenoxy) is 2. The van der Waals surface area contributed by atoms with E-state index in [-0.39, 0.29) is 17.3 Å². The van der Waals surface area contributed by atoms with Gasteiger partial charge in [0.1, 0.15) is 11.9 Å². The van der Waals surface area contributed by atoms with Crippen LogP contribution in [0.25, 0.3) is 0 Å². The van der Waals surface area contributed by atoms with Crippen molar-refractivity contribution in [3.63, 3.8) is 0 Å². The Bertz CT molecular complexity index is 486. The van der Waals surface area contributed by atoms with Gasteiger partial charge in [-0.15, -0.1) is 0 Å². The van der Waals surface area contributed by atoms with Crippen LogP contribution in [0, 0.1) is 0 Å². The smallest absolute Gasteiger partial charge is 0.486 e. The summed E-state index contributed by atoms with van der Waals surface area (Å²) in [6, 6.07) is 3.72. The van der Waals surface area contributed by atoms with Crippen LogP contribution in [0.1, 0.15) is 27.7 Å². The lowest BCUT2D eigenvalue weighted by Gasteiger charge is -2.32. The Morgan fingerprint density at radius 2 is 1.85 bits per heavy atom.